The molecule has 1 aromatic heterocycles. The lowest BCUT2D eigenvalue weighted by atomic mass is 10.1. The van der Waals surface area contributed by atoms with Crippen molar-refractivity contribution in [2.75, 3.05) is 0 Å². The fraction of sp³-hybridized carbons (Fsp3) is 0.417. The summed E-state index contributed by atoms with van der Waals surface area (Å²) in [6, 6.07) is -0.632. The maximum atomic E-state index is 13.1. The molecule has 0 aliphatic heterocycles. The summed E-state index contributed by atoms with van der Waals surface area (Å²) >= 11 is 1.30. The van der Waals surface area contributed by atoms with E-state index in [1.54, 1.807) is 16.8 Å². The van der Waals surface area contributed by atoms with Gasteiger partial charge in [0.2, 0.25) is 17.7 Å². The quantitative estimate of drug-likeness (QED) is 0.496. The Morgan fingerprint density at radius 3 is 2.50 bits per heavy atom. The van der Waals surface area contributed by atoms with Crippen LogP contribution in [0.2, 0.25) is 0 Å². The summed E-state index contributed by atoms with van der Waals surface area (Å²) in [6.07, 6.45) is -0.149. The first-order valence-electron chi connectivity index (χ1n) is 6.29. The molecule has 0 spiro atoms. The van der Waals surface area contributed by atoms with E-state index in [2.05, 4.69) is 5.32 Å². The molecule has 0 aliphatic rings. The Bertz CT molecular complexity index is 526. The SMILES string of the molecule is NC(=O)CC[C@H](NC(=O)[C@@H](N)C(SF)c1ccsc1)C(N)=O. The van der Waals surface area contributed by atoms with Gasteiger partial charge in [-0.2, -0.15) is 15.2 Å². The van der Waals surface area contributed by atoms with Crippen LogP contribution in [0, 0.1) is 0 Å². The Kier molecular flexibility index (Phi) is 7.28. The molecule has 1 rings (SSSR count). The van der Waals surface area contributed by atoms with E-state index in [0.29, 0.717) is 5.56 Å². The molecule has 122 valence electrons. The molecule has 22 heavy (non-hydrogen) atoms. The van der Waals surface area contributed by atoms with Crippen molar-refractivity contribution in [2.45, 2.75) is 30.2 Å². The number of nitrogens with two attached hydrogens (primary N) is 3. The summed E-state index contributed by atoms with van der Waals surface area (Å²) in [5.41, 5.74) is 16.5. The van der Waals surface area contributed by atoms with Gasteiger partial charge in [0.05, 0.1) is 17.4 Å². The van der Waals surface area contributed by atoms with Crippen LogP contribution in [0.15, 0.2) is 16.8 Å². The molecule has 3 atom stereocenters. The number of amides is 3. The number of carbonyl (C=O) groups excluding carboxylic acids is 3. The van der Waals surface area contributed by atoms with Gasteiger partial charge >= 0.3 is 0 Å². The molecular weight excluding hydrogens is 331 g/mol. The van der Waals surface area contributed by atoms with Crippen molar-refractivity contribution in [2.24, 2.45) is 17.2 Å². The Hall–Kier alpha value is -1.65. The zero-order valence-electron chi connectivity index (χ0n) is 11.5. The summed E-state index contributed by atoms with van der Waals surface area (Å²) in [4.78, 5) is 34.1. The minimum Gasteiger partial charge on any atom is -0.370 e. The molecule has 3 amide bonds. The third kappa shape index (κ3) is 5.28. The Morgan fingerprint density at radius 1 is 1.36 bits per heavy atom. The van der Waals surface area contributed by atoms with Gasteiger partial charge in [0.15, 0.2) is 0 Å². The number of nitrogens with one attached hydrogen (secondary N) is 1. The lowest BCUT2D eigenvalue weighted by Gasteiger charge is -2.21. The zero-order chi connectivity index (χ0) is 16.7. The van der Waals surface area contributed by atoms with Crippen molar-refractivity contribution < 1.29 is 18.3 Å². The van der Waals surface area contributed by atoms with Crippen LogP contribution in [0.3, 0.4) is 0 Å². The van der Waals surface area contributed by atoms with E-state index < -0.39 is 35.1 Å². The van der Waals surface area contributed by atoms with Crippen LogP contribution < -0.4 is 22.5 Å². The van der Waals surface area contributed by atoms with Gasteiger partial charge in [-0.05, 0) is 28.8 Å². The van der Waals surface area contributed by atoms with Crippen LogP contribution in [0.4, 0.5) is 3.89 Å². The number of primary amides is 2. The Labute approximate surface area is 135 Å². The average Bonchev–Trinajstić information content (AvgIpc) is 2.97. The van der Waals surface area contributed by atoms with Crippen molar-refractivity contribution in [1.82, 2.24) is 5.32 Å². The third-order valence-corrected chi connectivity index (χ3v) is 4.39. The number of rotatable bonds is 9. The van der Waals surface area contributed by atoms with Crippen molar-refractivity contribution in [3.8, 4) is 0 Å². The first kappa shape index (κ1) is 18.4. The van der Waals surface area contributed by atoms with Crippen LogP contribution >= 0.6 is 23.5 Å². The van der Waals surface area contributed by atoms with Gasteiger partial charge in [-0.3, -0.25) is 14.4 Å². The fourth-order valence-electron chi connectivity index (χ4n) is 1.73. The van der Waals surface area contributed by atoms with Crippen molar-refractivity contribution >= 4 is 41.2 Å². The topological polar surface area (TPSA) is 141 Å². The molecule has 0 saturated carbocycles. The summed E-state index contributed by atoms with van der Waals surface area (Å²) in [6.45, 7) is 0. The monoisotopic (exact) mass is 348 g/mol. The molecule has 0 aromatic carbocycles. The van der Waals surface area contributed by atoms with Crippen molar-refractivity contribution in [3.63, 3.8) is 0 Å². The van der Waals surface area contributed by atoms with E-state index in [1.807, 2.05) is 0 Å². The van der Waals surface area contributed by atoms with Crippen molar-refractivity contribution in [1.29, 1.82) is 0 Å². The smallest absolute Gasteiger partial charge is 0.240 e. The molecule has 7 nitrogen and oxygen atoms in total. The highest BCUT2D eigenvalue weighted by atomic mass is 32.2. The van der Waals surface area contributed by atoms with Gasteiger partial charge in [0.1, 0.15) is 12.1 Å². The Morgan fingerprint density at radius 2 is 2.05 bits per heavy atom. The molecule has 7 N–H and O–H groups in total. The van der Waals surface area contributed by atoms with Crippen LogP contribution in [0.1, 0.15) is 23.7 Å². The van der Waals surface area contributed by atoms with Crippen LogP contribution in [0.25, 0.3) is 0 Å². The van der Waals surface area contributed by atoms with Gasteiger partial charge in [-0.1, -0.05) is 0 Å². The first-order valence-corrected chi connectivity index (χ1v) is 8.02. The molecular formula is C12H17FN4O3S2. The lowest BCUT2D eigenvalue weighted by Crippen LogP contribution is -2.51. The summed E-state index contributed by atoms with van der Waals surface area (Å²) in [5, 5.41) is 4.85. The van der Waals surface area contributed by atoms with Gasteiger partial charge in [-0.15, -0.1) is 0 Å². The van der Waals surface area contributed by atoms with Crippen LogP contribution in [-0.2, 0) is 14.4 Å². The molecule has 0 fully saturated rings. The van der Waals surface area contributed by atoms with E-state index in [1.165, 1.54) is 11.3 Å². The largest absolute Gasteiger partial charge is 0.370 e. The van der Waals surface area contributed by atoms with E-state index >= 15 is 0 Å². The predicted molar refractivity (Wildman–Crippen MR) is 83.3 cm³/mol. The highest BCUT2D eigenvalue weighted by Crippen LogP contribution is 2.33. The summed E-state index contributed by atoms with van der Waals surface area (Å²) < 4.78 is 13.1. The average molecular weight is 348 g/mol. The molecule has 0 radical (unpaired) electrons. The molecule has 0 bridgehead atoms. The second-order valence-corrected chi connectivity index (χ2v) is 6.03. The number of thiophene rings is 1. The molecule has 1 aromatic rings. The van der Waals surface area contributed by atoms with Gasteiger partial charge in [0.25, 0.3) is 0 Å². The highest BCUT2D eigenvalue weighted by molar-refractivity contribution is 7.94. The Balaban J connectivity index is 2.71. The maximum Gasteiger partial charge on any atom is 0.240 e. The molecule has 1 heterocycles. The highest BCUT2D eigenvalue weighted by Gasteiger charge is 2.30. The maximum absolute atomic E-state index is 13.1. The van der Waals surface area contributed by atoms with E-state index in [-0.39, 0.29) is 25.0 Å². The lowest BCUT2D eigenvalue weighted by molar-refractivity contribution is -0.128. The van der Waals surface area contributed by atoms with Crippen LogP contribution in [0.5, 0.6) is 0 Å². The standard InChI is InChI=1S/C12H17FN4O3S2/c13-22-10(6-3-4-21-5-6)9(15)12(20)17-7(11(16)19)1-2-8(14)18/h3-5,7,9-10H,1-2,15H2,(H2,14,18)(H2,16,19)(H,17,20)/t7-,9-,10?/m0/s1. The second-order valence-electron chi connectivity index (χ2n) is 4.56. The zero-order valence-corrected chi connectivity index (χ0v) is 13.2. The molecule has 1 unspecified atom stereocenters. The number of hydrogen-bond acceptors (Lipinski definition) is 6. The molecule has 10 heteroatoms. The van der Waals surface area contributed by atoms with Crippen molar-refractivity contribution in [3.05, 3.63) is 22.4 Å². The fourth-order valence-corrected chi connectivity index (χ4v) is 3.00. The van der Waals surface area contributed by atoms with E-state index in [4.69, 9.17) is 17.2 Å². The number of halogens is 1. The third-order valence-electron chi connectivity index (χ3n) is 2.94. The molecule has 0 aliphatic carbocycles. The van der Waals surface area contributed by atoms with Crippen LogP contribution in [-0.4, -0.2) is 29.8 Å². The van der Waals surface area contributed by atoms with E-state index in [9.17, 15) is 18.3 Å². The minimum absolute atomic E-state index is 0.0327. The minimum atomic E-state index is -1.21. The normalized spacial score (nSPS) is 14.8. The first-order chi connectivity index (χ1) is 10.4. The van der Waals surface area contributed by atoms with Gasteiger partial charge in [-0.25, -0.2) is 0 Å². The second kappa shape index (κ2) is 8.71. The predicted octanol–water partition coefficient (Wildman–Crippen LogP) is -0.0302. The summed E-state index contributed by atoms with van der Waals surface area (Å²) in [7, 11) is 0. The van der Waals surface area contributed by atoms with Gasteiger partial charge in [0, 0.05) is 6.42 Å². The molecule has 0 saturated heterocycles. The van der Waals surface area contributed by atoms with Gasteiger partial charge < -0.3 is 22.5 Å². The number of carbonyl (C=O) groups is 3. The summed E-state index contributed by atoms with van der Waals surface area (Å²) in [5.74, 6) is -2.17. The number of hydrogen-bond donors (Lipinski definition) is 4. The van der Waals surface area contributed by atoms with E-state index in [0.717, 1.165) is 0 Å².